The van der Waals surface area contributed by atoms with Gasteiger partial charge in [-0.25, -0.2) is 0 Å². The quantitative estimate of drug-likeness (QED) is 0.904. The van der Waals surface area contributed by atoms with Gasteiger partial charge in [0.2, 0.25) is 0 Å². The summed E-state index contributed by atoms with van der Waals surface area (Å²) in [5.41, 5.74) is 2.41. The zero-order valence-corrected chi connectivity index (χ0v) is 12.2. The van der Waals surface area contributed by atoms with Crippen LogP contribution >= 0.6 is 0 Å². The van der Waals surface area contributed by atoms with Gasteiger partial charge in [0, 0.05) is 30.7 Å². The molecule has 1 aromatic heterocycles. The van der Waals surface area contributed by atoms with Gasteiger partial charge in [0.05, 0.1) is 5.52 Å². The van der Waals surface area contributed by atoms with Gasteiger partial charge in [0.1, 0.15) is 0 Å². The molecule has 0 amide bonds. The van der Waals surface area contributed by atoms with E-state index in [1.807, 2.05) is 12.3 Å². The van der Waals surface area contributed by atoms with Crippen LogP contribution in [0.25, 0.3) is 10.9 Å². The Morgan fingerprint density at radius 2 is 2.25 bits per heavy atom. The van der Waals surface area contributed by atoms with E-state index in [4.69, 9.17) is 0 Å². The molecule has 3 heteroatoms. The summed E-state index contributed by atoms with van der Waals surface area (Å²) in [6, 6.07) is 11.3. The van der Waals surface area contributed by atoms with Gasteiger partial charge in [-0.1, -0.05) is 25.1 Å². The van der Waals surface area contributed by atoms with Crippen molar-refractivity contribution in [3.8, 4) is 0 Å². The first-order chi connectivity index (χ1) is 9.86. The van der Waals surface area contributed by atoms with E-state index in [1.54, 1.807) is 0 Å². The predicted molar refractivity (Wildman–Crippen MR) is 83.7 cm³/mol. The lowest BCUT2D eigenvalue weighted by molar-refractivity contribution is 0.199. The molecule has 1 aromatic carbocycles. The third kappa shape index (κ3) is 3.00. The molecule has 2 aromatic rings. The van der Waals surface area contributed by atoms with Crippen molar-refractivity contribution in [1.29, 1.82) is 0 Å². The van der Waals surface area contributed by atoms with Crippen molar-refractivity contribution in [2.24, 2.45) is 0 Å². The summed E-state index contributed by atoms with van der Waals surface area (Å²) in [6.07, 6.45) is 4.51. The third-order valence-electron chi connectivity index (χ3n) is 4.09. The van der Waals surface area contributed by atoms with Gasteiger partial charge < -0.3 is 5.32 Å². The standard InChI is InChI=1S/C17H23N3/c1-2-9-20(16-7-8-18-12-16)13-14-10-15-5-3-4-6-17(15)19-11-14/h3-6,10-11,16,18H,2,7-9,12-13H2,1H3. The SMILES string of the molecule is CCCN(Cc1cnc2ccccc2c1)C1CCNC1. The van der Waals surface area contributed by atoms with Crippen molar-refractivity contribution in [3.05, 3.63) is 42.1 Å². The van der Waals surface area contributed by atoms with E-state index >= 15 is 0 Å². The smallest absolute Gasteiger partial charge is 0.0702 e. The molecule has 106 valence electrons. The molecule has 1 fully saturated rings. The van der Waals surface area contributed by atoms with Crippen LogP contribution in [0.15, 0.2) is 36.5 Å². The molecule has 1 atom stereocenters. The molecule has 1 N–H and O–H groups in total. The number of nitrogens with one attached hydrogen (secondary N) is 1. The molecule has 1 saturated heterocycles. The largest absolute Gasteiger partial charge is 0.315 e. The Kier molecular flexibility index (Phi) is 4.28. The van der Waals surface area contributed by atoms with Crippen molar-refractivity contribution in [2.75, 3.05) is 19.6 Å². The van der Waals surface area contributed by atoms with Crippen LogP contribution in [-0.2, 0) is 6.54 Å². The highest BCUT2D eigenvalue weighted by Gasteiger charge is 2.21. The first kappa shape index (κ1) is 13.5. The fourth-order valence-corrected chi connectivity index (χ4v) is 3.07. The van der Waals surface area contributed by atoms with Gasteiger partial charge in [0.25, 0.3) is 0 Å². The van der Waals surface area contributed by atoms with Crippen molar-refractivity contribution in [2.45, 2.75) is 32.4 Å². The van der Waals surface area contributed by atoms with E-state index in [9.17, 15) is 0 Å². The minimum atomic E-state index is 0.682. The van der Waals surface area contributed by atoms with Gasteiger partial charge >= 0.3 is 0 Å². The van der Waals surface area contributed by atoms with Crippen LogP contribution in [0.2, 0.25) is 0 Å². The summed E-state index contributed by atoms with van der Waals surface area (Å²) < 4.78 is 0. The van der Waals surface area contributed by atoms with E-state index < -0.39 is 0 Å². The summed E-state index contributed by atoms with van der Waals surface area (Å²) in [4.78, 5) is 7.18. The number of benzene rings is 1. The Hall–Kier alpha value is -1.45. The second kappa shape index (κ2) is 6.33. The maximum atomic E-state index is 4.58. The van der Waals surface area contributed by atoms with Crippen molar-refractivity contribution in [1.82, 2.24) is 15.2 Å². The highest BCUT2D eigenvalue weighted by molar-refractivity contribution is 5.78. The van der Waals surface area contributed by atoms with E-state index in [1.165, 1.54) is 30.3 Å². The Balaban J connectivity index is 1.78. The lowest BCUT2D eigenvalue weighted by atomic mass is 10.1. The fraction of sp³-hybridized carbons (Fsp3) is 0.471. The van der Waals surface area contributed by atoms with Crippen molar-refractivity contribution < 1.29 is 0 Å². The molecule has 1 aliphatic rings. The number of rotatable bonds is 5. The normalized spacial score (nSPS) is 19.0. The Bertz CT molecular complexity index is 561. The molecule has 0 spiro atoms. The molecule has 1 aliphatic heterocycles. The molecule has 3 nitrogen and oxygen atoms in total. The van der Waals surface area contributed by atoms with Crippen LogP contribution in [-0.4, -0.2) is 35.6 Å². The molecule has 3 rings (SSSR count). The average Bonchev–Trinajstić information content (AvgIpc) is 3.01. The van der Waals surface area contributed by atoms with Crippen LogP contribution in [0.5, 0.6) is 0 Å². The van der Waals surface area contributed by atoms with Crippen molar-refractivity contribution in [3.63, 3.8) is 0 Å². The molecule has 2 heterocycles. The molecule has 0 saturated carbocycles. The van der Waals surface area contributed by atoms with Gasteiger partial charge in [-0.3, -0.25) is 9.88 Å². The van der Waals surface area contributed by atoms with Crippen molar-refractivity contribution >= 4 is 10.9 Å². The highest BCUT2D eigenvalue weighted by Crippen LogP contribution is 2.17. The van der Waals surface area contributed by atoms with Crippen LogP contribution in [0, 0.1) is 0 Å². The number of hydrogen-bond donors (Lipinski definition) is 1. The molecule has 1 unspecified atom stereocenters. The fourth-order valence-electron chi connectivity index (χ4n) is 3.07. The summed E-state index contributed by atoms with van der Waals surface area (Å²) in [7, 11) is 0. The van der Waals surface area contributed by atoms with Gasteiger partial charge in [-0.15, -0.1) is 0 Å². The Morgan fingerprint density at radius 3 is 3.05 bits per heavy atom. The third-order valence-corrected chi connectivity index (χ3v) is 4.09. The van der Waals surface area contributed by atoms with Gasteiger partial charge in [-0.2, -0.15) is 0 Å². The molecule has 0 bridgehead atoms. The summed E-state index contributed by atoms with van der Waals surface area (Å²) in [5.74, 6) is 0. The minimum absolute atomic E-state index is 0.682. The van der Waals surface area contributed by atoms with Gasteiger partial charge in [0.15, 0.2) is 0 Å². The zero-order valence-electron chi connectivity index (χ0n) is 12.2. The molecular formula is C17H23N3. The van der Waals surface area contributed by atoms with E-state index in [-0.39, 0.29) is 0 Å². The molecular weight excluding hydrogens is 246 g/mol. The minimum Gasteiger partial charge on any atom is -0.315 e. The summed E-state index contributed by atoms with van der Waals surface area (Å²) in [5, 5.41) is 4.71. The predicted octanol–water partition coefficient (Wildman–Crippen LogP) is 2.81. The average molecular weight is 269 g/mol. The molecule has 0 radical (unpaired) electrons. The number of para-hydroxylation sites is 1. The van der Waals surface area contributed by atoms with Crippen LogP contribution in [0.4, 0.5) is 0 Å². The van der Waals surface area contributed by atoms with E-state index in [2.05, 4.69) is 46.4 Å². The maximum Gasteiger partial charge on any atom is 0.0702 e. The number of hydrogen-bond acceptors (Lipinski definition) is 3. The first-order valence-electron chi connectivity index (χ1n) is 7.65. The second-order valence-electron chi connectivity index (χ2n) is 5.65. The summed E-state index contributed by atoms with van der Waals surface area (Å²) in [6.45, 7) is 6.72. The number of fused-ring (bicyclic) bond motifs is 1. The summed E-state index contributed by atoms with van der Waals surface area (Å²) >= 11 is 0. The molecule has 20 heavy (non-hydrogen) atoms. The van der Waals surface area contributed by atoms with E-state index in [0.29, 0.717) is 6.04 Å². The zero-order chi connectivity index (χ0) is 13.8. The number of pyridine rings is 1. The Morgan fingerprint density at radius 1 is 1.35 bits per heavy atom. The first-order valence-corrected chi connectivity index (χ1v) is 7.65. The Labute approximate surface area is 121 Å². The maximum absolute atomic E-state index is 4.58. The van der Waals surface area contributed by atoms with Crippen LogP contribution < -0.4 is 5.32 Å². The lowest BCUT2D eigenvalue weighted by Crippen LogP contribution is -2.36. The van der Waals surface area contributed by atoms with Crippen LogP contribution in [0.1, 0.15) is 25.3 Å². The van der Waals surface area contributed by atoms with Gasteiger partial charge in [-0.05, 0) is 43.6 Å². The highest BCUT2D eigenvalue weighted by atomic mass is 15.2. The van der Waals surface area contributed by atoms with Crippen LogP contribution in [0.3, 0.4) is 0 Å². The van der Waals surface area contributed by atoms with E-state index in [0.717, 1.165) is 25.2 Å². The monoisotopic (exact) mass is 269 g/mol. The topological polar surface area (TPSA) is 28.2 Å². The number of aromatic nitrogens is 1. The number of nitrogens with zero attached hydrogens (tertiary/aromatic N) is 2. The lowest BCUT2D eigenvalue weighted by Gasteiger charge is -2.28. The molecule has 0 aliphatic carbocycles. The second-order valence-corrected chi connectivity index (χ2v) is 5.65.